The van der Waals surface area contributed by atoms with Crippen molar-refractivity contribution in [3.63, 3.8) is 0 Å². The van der Waals surface area contributed by atoms with Crippen LogP contribution in [0.2, 0.25) is 0 Å². The van der Waals surface area contributed by atoms with E-state index in [1.807, 2.05) is 6.08 Å². The number of allylic oxidation sites excluding steroid dienone is 4. The summed E-state index contributed by atoms with van der Waals surface area (Å²) in [6.07, 6.45) is 9.33. The smallest absolute Gasteiger partial charge is 0.302 e. The fourth-order valence-corrected chi connectivity index (χ4v) is 5.86. The third-order valence-corrected chi connectivity index (χ3v) is 8.12. The predicted octanol–water partition coefficient (Wildman–Crippen LogP) is 5.46. The van der Waals surface area contributed by atoms with E-state index in [4.69, 9.17) is 4.74 Å². The maximum atomic E-state index is 12.3. The molecule has 0 aromatic carbocycles. The topological polar surface area (TPSA) is 60.4 Å². The van der Waals surface area contributed by atoms with Gasteiger partial charge in [-0.25, -0.2) is 0 Å². The fraction of sp³-hybridized carbons (Fsp3) is 0.720. The molecule has 0 saturated heterocycles. The average Bonchev–Trinajstić information content (AvgIpc) is 2.66. The van der Waals surface area contributed by atoms with E-state index >= 15 is 0 Å². The van der Waals surface area contributed by atoms with Gasteiger partial charge in [-0.15, -0.1) is 0 Å². The van der Waals surface area contributed by atoms with E-state index in [1.165, 1.54) is 19.4 Å². The molecule has 0 aromatic rings. The number of esters is 1. The number of hydrogen-bond acceptors (Lipinski definition) is 4. The summed E-state index contributed by atoms with van der Waals surface area (Å²) in [5.74, 6) is -0.340. The molecular formula is C25H38O4. The lowest BCUT2D eigenvalue weighted by molar-refractivity contribution is -0.184. The Balaban J connectivity index is 2.52. The van der Waals surface area contributed by atoms with Crippen LogP contribution in [0.15, 0.2) is 23.3 Å². The van der Waals surface area contributed by atoms with Crippen molar-refractivity contribution >= 4 is 18.0 Å². The Morgan fingerprint density at radius 2 is 1.93 bits per heavy atom. The summed E-state index contributed by atoms with van der Waals surface area (Å²) in [4.78, 5) is 36.4. The molecule has 1 unspecified atom stereocenters. The van der Waals surface area contributed by atoms with Crippen molar-refractivity contribution in [1.82, 2.24) is 0 Å². The summed E-state index contributed by atoms with van der Waals surface area (Å²) >= 11 is 0. The largest absolute Gasteiger partial charge is 0.462 e. The van der Waals surface area contributed by atoms with E-state index in [0.717, 1.165) is 38.4 Å². The molecule has 0 amide bonds. The van der Waals surface area contributed by atoms with E-state index in [-0.39, 0.29) is 29.2 Å². The minimum atomic E-state index is -0.575. The van der Waals surface area contributed by atoms with Gasteiger partial charge in [0.25, 0.3) is 0 Å². The molecular weight excluding hydrogens is 364 g/mol. The van der Waals surface area contributed by atoms with Crippen LogP contribution < -0.4 is 0 Å². The van der Waals surface area contributed by atoms with Gasteiger partial charge in [0, 0.05) is 17.9 Å². The van der Waals surface area contributed by atoms with Gasteiger partial charge in [0.05, 0.1) is 5.92 Å². The first-order valence-corrected chi connectivity index (χ1v) is 11.0. The molecule has 0 spiro atoms. The number of ketones is 1. The molecule has 0 heterocycles. The Morgan fingerprint density at radius 1 is 1.28 bits per heavy atom. The lowest BCUT2D eigenvalue weighted by atomic mass is 9.44. The minimum Gasteiger partial charge on any atom is -0.462 e. The van der Waals surface area contributed by atoms with Crippen LogP contribution in [0.4, 0.5) is 0 Å². The molecule has 2 aliphatic rings. The van der Waals surface area contributed by atoms with E-state index in [0.29, 0.717) is 11.5 Å². The monoisotopic (exact) mass is 402 g/mol. The zero-order chi connectivity index (χ0) is 22.0. The summed E-state index contributed by atoms with van der Waals surface area (Å²) in [5, 5.41) is 0. The summed E-state index contributed by atoms with van der Waals surface area (Å²) in [5.41, 5.74) is 1.39. The summed E-state index contributed by atoms with van der Waals surface area (Å²) < 4.78 is 5.76. The van der Waals surface area contributed by atoms with Crippen LogP contribution in [0, 0.1) is 28.6 Å². The second kappa shape index (κ2) is 8.97. The van der Waals surface area contributed by atoms with Gasteiger partial charge >= 0.3 is 5.97 Å². The number of carbonyl (C=O) groups excluding carboxylic acids is 3. The Bertz CT molecular complexity index is 718. The van der Waals surface area contributed by atoms with Crippen molar-refractivity contribution in [3.8, 4) is 0 Å². The normalized spacial score (nSPS) is 35.9. The van der Waals surface area contributed by atoms with Gasteiger partial charge in [0.2, 0.25) is 0 Å². The van der Waals surface area contributed by atoms with Crippen LogP contribution in [0.3, 0.4) is 0 Å². The molecule has 4 nitrogen and oxygen atoms in total. The number of rotatable bonds is 7. The molecule has 2 rings (SSSR count). The van der Waals surface area contributed by atoms with Crippen LogP contribution in [0.1, 0.15) is 80.6 Å². The lowest BCUT2D eigenvalue weighted by Crippen LogP contribution is -2.60. The first-order valence-electron chi connectivity index (χ1n) is 11.0. The van der Waals surface area contributed by atoms with Crippen LogP contribution in [-0.2, 0) is 19.1 Å². The minimum absolute atomic E-state index is 0.00397. The molecule has 29 heavy (non-hydrogen) atoms. The Labute approximate surface area is 176 Å². The van der Waals surface area contributed by atoms with Gasteiger partial charge in [0.1, 0.15) is 12.4 Å². The number of Topliss-reactive ketones (excluding diaryl/α,β-unsaturated/α-hetero) is 1. The van der Waals surface area contributed by atoms with E-state index in [1.54, 1.807) is 0 Å². The standard InChI is InChI=1S/C25H38O4/c1-8-16(2)9-10-17(3)24(6)14-13-23(29-19(5)28)25(7)21(15-26)20(18(4)27)11-12-22(24)25/h9,11,15,17,21-23H,8,10,12-14H2,1-7H3/b16-9+/t17?,21-,22-,23+,24-,25+/m1/s1. The highest BCUT2D eigenvalue weighted by Crippen LogP contribution is 2.62. The van der Waals surface area contributed by atoms with Gasteiger partial charge in [0.15, 0.2) is 5.78 Å². The van der Waals surface area contributed by atoms with Crippen molar-refractivity contribution < 1.29 is 19.1 Å². The van der Waals surface area contributed by atoms with Crippen molar-refractivity contribution in [2.24, 2.45) is 28.6 Å². The number of aldehydes is 1. The number of fused-ring (bicyclic) bond motifs is 1. The predicted molar refractivity (Wildman–Crippen MR) is 115 cm³/mol. The van der Waals surface area contributed by atoms with Crippen LogP contribution in [0.25, 0.3) is 0 Å². The molecule has 0 radical (unpaired) electrons. The summed E-state index contributed by atoms with van der Waals surface area (Å²) in [6.45, 7) is 14.0. The maximum Gasteiger partial charge on any atom is 0.302 e. The van der Waals surface area contributed by atoms with Gasteiger partial charge in [-0.3, -0.25) is 9.59 Å². The molecule has 0 bridgehead atoms. The van der Waals surface area contributed by atoms with Crippen LogP contribution >= 0.6 is 0 Å². The molecule has 0 N–H and O–H groups in total. The quantitative estimate of drug-likeness (QED) is 0.322. The third-order valence-electron chi connectivity index (χ3n) is 8.12. The van der Waals surface area contributed by atoms with Gasteiger partial charge in [-0.2, -0.15) is 0 Å². The highest BCUT2D eigenvalue weighted by Gasteiger charge is 2.61. The van der Waals surface area contributed by atoms with Crippen LogP contribution in [-0.4, -0.2) is 24.1 Å². The lowest BCUT2D eigenvalue weighted by Gasteiger charge is -2.60. The first-order chi connectivity index (χ1) is 13.5. The van der Waals surface area contributed by atoms with Crippen molar-refractivity contribution in [1.29, 1.82) is 0 Å². The summed E-state index contributed by atoms with van der Waals surface area (Å²) in [6, 6.07) is 0. The second-order valence-electron chi connectivity index (χ2n) is 9.67. The third kappa shape index (κ3) is 4.27. The first kappa shape index (κ1) is 23.6. The SMILES string of the molecule is CC/C(C)=C/CC(C)[C@@]1(C)CC[C@H](OC(C)=O)[C@@]2(C)[C@H](C=O)C(C(C)=O)=CC[C@@H]21. The summed E-state index contributed by atoms with van der Waals surface area (Å²) in [7, 11) is 0. The zero-order valence-corrected chi connectivity index (χ0v) is 19.2. The van der Waals surface area contributed by atoms with E-state index < -0.39 is 11.3 Å². The molecule has 1 saturated carbocycles. The highest BCUT2D eigenvalue weighted by molar-refractivity contribution is 5.97. The van der Waals surface area contributed by atoms with Crippen molar-refractivity contribution in [3.05, 3.63) is 23.3 Å². The van der Waals surface area contributed by atoms with Gasteiger partial charge in [-0.05, 0) is 63.2 Å². The number of ether oxygens (including phenoxy) is 1. The van der Waals surface area contributed by atoms with Gasteiger partial charge in [-0.1, -0.05) is 45.4 Å². The zero-order valence-electron chi connectivity index (χ0n) is 19.2. The molecule has 4 heteroatoms. The second-order valence-corrected chi connectivity index (χ2v) is 9.67. The Kier molecular flexibility index (Phi) is 7.29. The molecule has 6 atom stereocenters. The number of carbonyl (C=O) groups is 3. The molecule has 0 aliphatic heterocycles. The van der Waals surface area contributed by atoms with Crippen molar-refractivity contribution in [2.75, 3.05) is 0 Å². The fourth-order valence-electron chi connectivity index (χ4n) is 5.86. The molecule has 162 valence electrons. The maximum absolute atomic E-state index is 12.3. The van der Waals surface area contributed by atoms with E-state index in [9.17, 15) is 14.4 Å². The van der Waals surface area contributed by atoms with Crippen molar-refractivity contribution in [2.45, 2.75) is 86.7 Å². The van der Waals surface area contributed by atoms with E-state index in [2.05, 4.69) is 40.7 Å². The molecule has 2 aliphatic carbocycles. The Hall–Kier alpha value is -1.71. The van der Waals surface area contributed by atoms with Gasteiger partial charge < -0.3 is 9.53 Å². The Morgan fingerprint density at radius 3 is 2.45 bits per heavy atom. The average molecular weight is 403 g/mol. The highest BCUT2D eigenvalue weighted by atomic mass is 16.5. The number of hydrogen-bond donors (Lipinski definition) is 0. The molecule has 1 fully saturated rings. The van der Waals surface area contributed by atoms with Crippen LogP contribution in [0.5, 0.6) is 0 Å². The molecule has 0 aromatic heterocycles.